The summed E-state index contributed by atoms with van der Waals surface area (Å²) >= 11 is 0. The van der Waals surface area contributed by atoms with Crippen LogP contribution in [0.5, 0.6) is 0 Å². The van der Waals surface area contributed by atoms with E-state index in [1.807, 2.05) is 0 Å². The maximum Gasteiger partial charge on any atom is 0.306 e. The Kier molecular flexibility index (Phi) is 46.6. The zero-order chi connectivity index (χ0) is 43.8. The van der Waals surface area contributed by atoms with Gasteiger partial charge in [-0.25, -0.2) is 0 Å². The van der Waals surface area contributed by atoms with Gasteiger partial charge in [-0.15, -0.1) is 0 Å². The van der Waals surface area contributed by atoms with Crippen LogP contribution >= 0.6 is 0 Å². The second-order valence-corrected chi connectivity index (χ2v) is 17.9. The molecule has 3 N–H and O–H groups in total. The van der Waals surface area contributed by atoms with Crippen LogP contribution in [0, 0.1) is 0 Å². The molecule has 0 aliphatic rings. The fourth-order valence-electron chi connectivity index (χ4n) is 7.97. The van der Waals surface area contributed by atoms with Crippen molar-refractivity contribution in [2.75, 3.05) is 6.61 Å². The Morgan fingerprint density at radius 3 is 1.32 bits per heavy atom. The summed E-state index contributed by atoms with van der Waals surface area (Å²) in [5.74, 6) is -0.478. The van der Waals surface area contributed by atoms with E-state index >= 15 is 0 Å². The molecule has 0 spiro atoms. The smallest absolute Gasteiger partial charge is 0.306 e. The molecule has 0 fully saturated rings. The number of esters is 1. The summed E-state index contributed by atoms with van der Waals surface area (Å²) in [5, 5.41) is 23.7. The zero-order valence-electron chi connectivity index (χ0n) is 40.1. The Bertz CT molecular complexity index is 993. The summed E-state index contributed by atoms with van der Waals surface area (Å²) < 4.78 is 5.93. The Balaban J connectivity index is 4.53. The fraction of sp³-hybridized carbons (Fsp3) is 0.852. The van der Waals surface area contributed by atoms with Gasteiger partial charge in [0.05, 0.1) is 25.2 Å². The predicted molar refractivity (Wildman–Crippen MR) is 259 cm³/mol. The Labute approximate surface area is 373 Å². The van der Waals surface area contributed by atoms with E-state index in [1.165, 1.54) is 154 Å². The van der Waals surface area contributed by atoms with Crippen molar-refractivity contribution >= 4 is 11.9 Å². The van der Waals surface area contributed by atoms with Crippen molar-refractivity contribution in [3.05, 3.63) is 36.5 Å². The lowest BCUT2D eigenvalue weighted by molar-refractivity contribution is -0.151. The SMILES string of the molecule is CCCCC/C=C\C/C=C\C/C=C\CCCCCCCCC(=O)OC(CCCCCCCCCCCCCCC)CC(=O)NC(CO)C(O)CCCCCCCCCCC. The van der Waals surface area contributed by atoms with Crippen LogP contribution in [-0.2, 0) is 14.3 Å². The van der Waals surface area contributed by atoms with E-state index in [2.05, 4.69) is 62.5 Å². The molecule has 1 amide bonds. The van der Waals surface area contributed by atoms with Crippen molar-refractivity contribution in [3.8, 4) is 0 Å². The average Bonchev–Trinajstić information content (AvgIpc) is 3.24. The van der Waals surface area contributed by atoms with E-state index in [1.54, 1.807) is 0 Å². The molecule has 3 unspecified atom stereocenters. The molecule has 0 saturated heterocycles. The van der Waals surface area contributed by atoms with Crippen molar-refractivity contribution in [1.29, 1.82) is 0 Å². The van der Waals surface area contributed by atoms with E-state index in [9.17, 15) is 19.8 Å². The molecular formula is C54H101NO5. The van der Waals surface area contributed by atoms with Crippen molar-refractivity contribution in [2.45, 2.75) is 289 Å². The molecular weight excluding hydrogens is 743 g/mol. The standard InChI is InChI=1S/C54H101NO5/c1-4-7-10-13-16-19-21-23-24-25-26-27-28-30-32-35-38-41-44-47-54(59)60-50(45-42-39-36-34-31-29-22-20-17-14-11-8-5-2)48-53(58)55-51(49-56)52(57)46-43-40-37-33-18-15-12-9-6-3/h16,19,23-24,26-27,50-52,56-57H,4-15,17-18,20-22,25,28-49H2,1-3H3,(H,55,58)/b19-16-,24-23-,27-26-. The maximum absolute atomic E-state index is 13.2. The molecule has 352 valence electrons. The van der Waals surface area contributed by atoms with Crippen LogP contribution in [0.1, 0.15) is 271 Å². The van der Waals surface area contributed by atoms with E-state index < -0.39 is 18.2 Å². The molecule has 3 atom stereocenters. The molecule has 0 radical (unpaired) electrons. The number of hydrogen-bond donors (Lipinski definition) is 3. The lowest BCUT2D eigenvalue weighted by Crippen LogP contribution is -2.46. The first-order valence-corrected chi connectivity index (χ1v) is 26.2. The van der Waals surface area contributed by atoms with Gasteiger partial charge in [-0.1, -0.05) is 231 Å². The molecule has 0 heterocycles. The van der Waals surface area contributed by atoms with Gasteiger partial charge in [-0.2, -0.15) is 0 Å². The Hall–Kier alpha value is -1.92. The van der Waals surface area contributed by atoms with Crippen molar-refractivity contribution in [2.24, 2.45) is 0 Å². The van der Waals surface area contributed by atoms with Crippen LogP contribution in [0.4, 0.5) is 0 Å². The number of aliphatic hydroxyl groups is 2. The van der Waals surface area contributed by atoms with Crippen molar-refractivity contribution in [1.82, 2.24) is 5.32 Å². The number of unbranched alkanes of at least 4 members (excludes halogenated alkanes) is 29. The molecule has 6 heteroatoms. The van der Waals surface area contributed by atoms with Crippen molar-refractivity contribution < 1.29 is 24.5 Å². The first kappa shape index (κ1) is 58.1. The minimum atomic E-state index is -0.785. The lowest BCUT2D eigenvalue weighted by Gasteiger charge is -2.24. The zero-order valence-corrected chi connectivity index (χ0v) is 40.1. The van der Waals surface area contributed by atoms with Gasteiger partial charge in [0.25, 0.3) is 0 Å². The highest BCUT2D eigenvalue weighted by Crippen LogP contribution is 2.18. The second-order valence-electron chi connectivity index (χ2n) is 17.9. The largest absolute Gasteiger partial charge is 0.462 e. The molecule has 0 aliphatic carbocycles. The van der Waals surface area contributed by atoms with Crippen LogP contribution in [0.3, 0.4) is 0 Å². The monoisotopic (exact) mass is 844 g/mol. The third kappa shape index (κ3) is 42.8. The molecule has 60 heavy (non-hydrogen) atoms. The highest BCUT2D eigenvalue weighted by Gasteiger charge is 2.24. The third-order valence-corrected chi connectivity index (χ3v) is 12.0. The predicted octanol–water partition coefficient (Wildman–Crippen LogP) is 15.7. The van der Waals surface area contributed by atoms with E-state index in [-0.39, 0.29) is 24.9 Å². The Morgan fingerprint density at radius 2 is 0.850 bits per heavy atom. The van der Waals surface area contributed by atoms with Gasteiger partial charge in [0.2, 0.25) is 5.91 Å². The topological polar surface area (TPSA) is 95.9 Å². The first-order valence-electron chi connectivity index (χ1n) is 26.2. The van der Waals surface area contributed by atoms with Crippen LogP contribution < -0.4 is 5.32 Å². The average molecular weight is 844 g/mol. The molecule has 0 rings (SSSR count). The lowest BCUT2D eigenvalue weighted by atomic mass is 10.0. The van der Waals surface area contributed by atoms with E-state index in [0.29, 0.717) is 19.3 Å². The minimum absolute atomic E-state index is 0.0759. The van der Waals surface area contributed by atoms with Gasteiger partial charge in [0.1, 0.15) is 6.10 Å². The molecule has 0 aliphatic heterocycles. The number of ether oxygens (including phenoxy) is 1. The van der Waals surface area contributed by atoms with Gasteiger partial charge >= 0.3 is 5.97 Å². The quantitative estimate of drug-likeness (QED) is 0.0322. The number of carbonyl (C=O) groups is 2. The summed E-state index contributed by atoms with van der Waals surface area (Å²) in [7, 11) is 0. The molecule has 0 aromatic carbocycles. The summed E-state index contributed by atoms with van der Waals surface area (Å²) in [6.45, 7) is 6.45. The van der Waals surface area contributed by atoms with Crippen molar-refractivity contribution in [3.63, 3.8) is 0 Å². The molecule has 0 aromatic rings. The molecule has 0 aromatic heterocycles. The summed E-state index contributed by atoms with van der Waals surface area (Å²) in [5.41, 5.74) is 0. The number of hydrogen-bond acceptors (Lipinski definition) is 5. The van der Waals surface area contributed by atoms with E-state index in [4.69, 9.17) is 4.74 Å². The minimum Gasteiger partial charge on any atom is -0.462 e. The summed E-state index contributed by atoms with van der Waals surface area (Å²) in [6.07, 6.45) is 56.3. The maximum atomic E-state index is 13.2. The molecule has 6 nitrogen and oxygen atoms in total. The van der Waals surface area contributed by atoms with Crippen LogP contribution in [0.15, 0.2) is 36.5 Å². The van der Waals surface area contributed by atoms with Gasteiger partial charge in [0, 0.05) is 6.42 Å². The third-order valence-electron chi connectivity index (χ3n) is 12.0. The highest BCUT2D eigenvalue weighted by molar-refractivity contribution is 5.77. The highest BCUT2D eigenvalue weighted by atomic mass is 16.5. The van der Waals surface area contributed by atoms with Crippen LogP contribution in [0.2, 0.25) is 0 Å². The molecule has 0 bridgehead atoms. The summed E-state index contributed by atoms with van der Waals surface area (Å²) in [4.78, 5) is 26.1. The number of rotatable bonds is 47. The van der Waals surface area contributed by atoms with Gasteiger partial charge in [0.15, 0.2) is 0 Å². The molecule has 0 saturated carbocycles. The van der Waals surface area contributed by atoms with E-state index in [0.717, 1.165) is 70.6 Å². The summed E-state index contributed by atoms with van der Waals surface area (Å²) in [6, 6.07) is -0.699. The van der Waals surface area contributed by atoms with Gasteiger partial charge < -0.3 is 20.3 Å². The number of aliphatic hydroxyl groups excluding tert-OH is 2. The Morgan fingerprint density at radius 1 is 0.483 bits per heavy atom. The van der Waals surface area contributed by atoms with Gasteiger partial charge in [-0.05, 0) is 64.2 Å². The normalized spacial score (nSPS) is 13.5. The number of amides is 1. The van der Waals surface area contributed by atoms with Crippen LogP contribution in [0.25, 0.3) is 0 Å². The number of nitrogens with one attached hydrogen (secondary N) is 1. The van der Waals surface area contributed by atoms with Gasteiger partial charge in [-0.3, -0.25) is 9.59 Å². The van der Waals surface area contributed by atoms with Crippen LogP contribution in [-0.4, -0.2) is 46.9 Å². The first-order chi connectivity index (χ1) is 29.5. The number of allylic oxidation sites excluding steroid dienone is 6. The fourth-order valence-corrected chi connectivity index (χ4v) is 7.97. The second kappa shape index (κ2) is 48.1. The number of carbonyl (C=O) groups excluding carboxylic acids is 2.